The first-order valence-electron chi connectivity index (χ1n) is 4.79. The van der Waals surface area contributed by atoms with E-state index in [1.165, 1.54) is 19.0 Å². The maximum atomic E-state index is 11.2. The largest absolute Gasteiger partial charge is 0.343 e. The highest BCUT2D eigenvalue weighted by atomic mass is 32.2. The number of benzene rings is 3. The highest BCUT2D eigenvalue weighted by Gasteiger charge is 2.10. The van der Waals surface area contributed by atoms with E-state index in [1.807, 2.05) is 24.3 Å². The topological polar surface area (TPSA) is 73.1 Å². The Balaban J connectivity index is 0.000000181. The van der Waals surface area contributed by atoms with Crippen LogP contribution in [0, 0.1) is 0 Å². The van der Waals surface area contributed by atoms with Gasteiger partial charge in [0.1, 0.15) is 0 Å². The number of hydrogen-bond acceptors (Lipinski definition) is 5. The number of hydrogen-bond donors (Lipinski definition) is 0. The molecule has 0 fully saturated rings. The standard InChI is InChI=1S/C9H8O2S.C2H2N2O/c1-12(10,11)9-6-7-2-4-8(9)5-3-7;1-3-2-5-4-1/h2-6H,1H3;1-2H. The maximum absolute atomic E-state index is 11.2. The SMILES string of the molecule is CS(=O)(=O)c1cc2ccc1cc2.c1ncon1. The van der Waals surface area contributed by atoms with E-state index < -0.39 is 9.84 Å². The molecule has 0 aliphatic carbocycles. The van der Waals surface area contributed by atoms with Gasteiger partial charge in [-0.3, -0.25) is 0 Å². The number of aromatic nitrogens is 2. The fourth-order valence-electron chi connectivity index (χ4n) is 1.44. The monoisotopic (exact) mass is 250 g/mol. The molecule has 0 atom stereocenters. The first-order valence-corrected chi connectivity index (χ1v) is 6.68. The summed E-state index contributed by atoms with van der Waals surface area (Å²) in [6.45, 7) is 0. The first-order chi connectivity index (χ1) is 8.07. The zero-order valence-electron chi connectivity index (χ0n) is 9.07. The lowest BCUT2D eigenvalue weighted by Gasteiger charge is -2.04. The summed E-state index contributed by atoms with van der Waals surface area (Å²) in [4.78, 5) is 3.88. The third kappa shape index (κ3) is 2.79. The van der Waals surface area contributed by atoms with Crippen LogP contribution in [0.4, 0.5) is 0 Å². The molecule has 2 bridgehead atoms. The molecule has 6 heteroatoms. The lowest BCUT2D eigenvalue weighted by Crippen LogP contribution is -1.98. The Morgan fingerprint density at radius 2 is 1.88 bits per heavy atom. The van der Waals surface area contributed by atoms with Gasteiger partial charge in [0.25, 0.3) is 0 Å². The van der Waals surface area contributed by atoms with Crippen molar-refractivity contribution in [1.82, 2.24) is 10.1 Å². The predicted molar refractivity (Wildman–Crippen MR) is 62.5 cm³/mol. The zero-order chi connectivity index (χ0) is 12.3. The summed E-state index contributed by atoms with van der Waals surface area (Å²) in [5.41, 5.74) is 0. The van der Waals surface area contributed by atoms with E-state index in [1.54, 1.807) is 6.07 Å². The lowest BCUT2D eigenvalue weighted by molar-refractivity contribution is 0.416. The molecule has 0 aliphatic rings. The molecule has 5 nitrogen and oxygen atoms in total. The molecule has 0 spiro atoms. The summed E-state index contributed by atoms with van der Waals surface area (Å²) in [5, 5.41) is 4.97. The van der Waals surface area contributed by atoms with Crippen LogP contribution in [0.3, 0.4) is 0 Å². The van der Waals surface area contributed by atoms with Crippen LogP contribution < -0.4 is 0 Å². The van der Waals surface area contributed by atoms with Crippen LogP contribution in [0.25, 0.3) is 10.8 Å². The minimum atomic E-state index is -3.06. The molecule has 3 aromatic carbocycles. The Morgan fingerprint density at radius 1 is 1.18 bits per heavy atom. The number of fused-ring (bicyclic) bond motifs is 3. The van der Waals surface area contributed by atoms with E-state index in [-0.39, 0.29) is 0 Å². The summed E-state index contributed by atoms with van der Waals surface area (Å²) in [6, 6.07) is 9.16. The van der Waals surface area contributed by atoms with Gasteiger partial charge in [0.15, 0.2) is 16.2 Å². The van der Waals surface area contributed by atoms with Crippen molar-refractivity contribution in [3.05, 3.63) is 43.1 Å². The van der Waals surface area contributed by atoms with Gasteiger partial charge in [0.05, 0.1) is 4.90 Å². The Bertz CT molecular complexity index is 640. The van der Waals surface area contributed by atoms with Crippen LogP contribution in [0.1, 0.15) is 0 Å². The summed E-state index contributed by atoms with van der Waals surface area (Å²) in [6.07, 6.45) is 3.83. The summed E-state index contributed by atoms with van der Waals surface area (Å²) in [7, 11) is -3.06. The Morgan fingerprint density at radius 3 is 2.12 bits per heavy atom. The molecule has 0 unspecified atom stereocenters. The fraction of sp³-hybridized carbons (Fsp3) is 0.0909. The maximum Gasteiger partial charge on any atom is 0.213 e. The molecule has 4 aromatic rings. The molecule has 0 saturated carbocycles. The quantitative estimate of drug-likeness (QED) is 0.657. The van der Waals surface area contributed by atoms with Crippen molar-refractivity contribution in [1.29, 1.82) is 0 Å². The number of sulfone groups is 1. The van der Waals surface area contributed by atoms with Crippen LogP contribution in [-0.4, -0.2) is 24.8 Å². The van der Waals surface area contributed by atoms with Gasteiger partial charge in [0, 0.05) is 6.26 Å². The summed E-state index contributed by atoms with van der Waals surface area (Å²) >= 11 is 0. The van der Waals surface area contributed by atoms with E-state index in [4.69, 9.17) is 0 Å². The van der Waals surface area contributed by atoms with Gasteiger partial charge in [-0.2, -0.15) is 0 Å². The first kappa shape index (κ1) is 11.5. The van der Waals surface area contributed by atoms with Crippen LogP contribution in [0.2, 0.25) is 0 Å². The molecule has 0 N–H and O–H groups in total. The van der Waals surface area contributed by atoms with Crippen LogP contribution >= 0.6 is 0 Å². The van der Waals surface area contributed by atoms with Crippen molar-refractivity contribution >= 4 is 20.6 Å². The summed E-state index contributed by atoms with van der Waals surface area (Å²) < 4.78 is 26.6. The molecule has 17 heavy (non-hydrogen) atoms. The van der Waals surface area contributed by atoms with Crippen molar-refractivity contribution in [3.63, 3.8) is 0 Å². The van der Waals surface area contributed by atoms with Gasteiger partial charge in [-0.15, -0.1) is 0 Å². The van der Waals surface area contributed by atoms with Crippen molar-refractivity contribution < 1.29 is 12.9 Å². The highest BCUT2D eigenvalue weighted by Crippen LogP contribution is 2.22. The van der Waals surface area contributed by atoms with Gasteiger partial charge < -0.3 is 4.52 Å². The van der Waals surface area contributed by atoms with E-state index in [2.05, 4.69) is 14.7 Å². The second-order valence-corrected chi connectivity index (χ2v) is 5.47. The van der Waals surface area contributed by atoms with Gasteiger partial charge in [-0.05, 0) is 16.8 Å². The van der Waals surface area contributed by atoms with Crippen LogP contribution in [-0.2, 0) is 9.84 Å². The smallest absolute Gasteiger partial charge is 0.213 e. The van der Waals surface area contributed by atoms with Gasteiger partial charge in [-0.25, -0.2) is 13.4 Å². The van der Waals surface area contributed by atoms with E-state index >= 15 is 0 Å². The van der Waals surface area contributed by atoms with Crippen molar-refractivity contribution in [3.8, 4) is 0 Å². The Hall–Kier alpha value is -1.95. The van der Waals surface area contributed by atoms with E-state index in [9.17, 15) is 8.42 Å². The van der Waals surface area contributed by atoms with Crippen LogP contribution in [0.15, 0.2) is 52.5 Å². The number of nitrogens with zero attached hydrogens (tertiary/aromatic N) is 2. The van der Waals surface area contributed by atoms with Gasteiger partial charge >= 0.3 is 0 Å². The van der Waals surface area contributed by atoms with Gasteiger partial charge in [0.2, 0.25) is 6.39 Å². The molecule has 0 radical (unpaired) electrons. The molecule has 1 aromatic heterocycles. The molecular formula is C11H10N2O3S. The van der Waals surface area contributed by atoms with Crippen LogP contribution in [0.5, 0.6) is 0 Å². The molecule has 1 heterocycles. The zero-order valence-corrected chi connectivity index (χ0v) is 9.89. The third-order valence-corrected chi connectivity index (χ3v) is 3.33. The summed E-state index contributed by atoms with van der Waals surface area (Å²) in [5.74, 6) is 0. The lowest BCUT2D eigenvalue weighted by atomic mass is 10.1. The second-order valence-electron chi connectivity index (χ2n) is 3.48. The highest BCUT2D eigenvalue weighted by molar-refractivity contribution is 7.91. The fourth-order valence-corrected chi connectivity index (χ4v) is 2.35. The van der Waals surface area contributed by atoms with Crippen molar-refractivity contribution in [2.24, 2.45) is 0 Å². The third-order valence-electron chi connectivity index (χ3n) is 2.18. The normalized spacial score (nSPS) is 11.1. The molecular weight excluding hydrogens is 240 g/mol. The average Bonchev–Trinajstić information content (AvgIpc) is 2.88. The Kier molecular flexibility index (Phi) is 3.06. The molecule has 4 rings (SSSR count). The molecule has 0 aliphatic heterocycles. The molecule has 88 valence electrons. The van der Waals surface area contributed by atoms with E-state index in [0.717, 1.165) is 10.8 Å². The molecule has 0 amide bonds. The number of rotatable bonds is 1. The predicted octanol–water partition coefficient (Wildman–Crippen LogP) is 1.75. The minimum Gasteiger partial charge on any atom is -0.343 e. The van der Waals surface area contributed by atoms with Gasteiger partial charge in [-0.1, -0.05) is 29.4 Å². The van der Waals surface area contributed by atoms with Crippen molar-refractivity contribution in [2.75, 3.05) is 6.26 Å². The minimum absolute atomic E-state index is 0.433. The average molecular weight is 250 g/mol. The Labute approximate surface area is 98.3 Å². The van der Waals surface area contributed by atoms with E-state index in [0.29, 0.717) is 4.90 Å². The molecule has 0 saturated heterocycles. The second kappa shape index (κ2) is 4.50. The van der Waals surface area contributed by atoms with Crippen molar-refractivity contribution in [2.45, 2.75) is 4.90 Å².